The van der Waals surface area contributed by atoms with E-state index in [-0.39, 0.29) is 6.29 Å². The van der Waals surface area contributed by atoms with Gasteiger partial charge in [0.25, 0.3) is 0 Å². The quantitative estimate of drug-likeness (QED) is 0.392. The van der Waals surface area contributed by atoms with Gasteiger partial charge in [-0.05, 0) is 20.8 Å². The first-order valence-corrected chi connectivity index (χ1v) is 4.11. The van der Waals surface area contributed by atoms with Crippen LogP contribution in [-0.4, -0.2) is 31.9 Å². The Morgan fingerprint density at radius 3 is 1.50 bits per heavy atom. The molecule has 0 unspecified atom stereocenters. The number of carbonyl (C=O) groups is 2. The first-order valence-electron chi connectivity index (χ1n) is 4.11. The number of aldehydes is 1. The van der Waals surface area contributed by atoms with Crippen LogP contribution in [0.5, 0.6) is 0 Å². The van der Waals surface area contributed by atoms with E-state index in [9.17, 15) is 0 Å². The minimum Gasteiger partial charge on any atom is -0.542 e. The number of carbonyl (C=O) groups excluding carboxylic acids is 2. The molecule has 0 aromatic heterocycles. The lowest BCUT2D eigenvalue weighted by molar-refractivity contribution is -0.894. The number of carboxylic acid groups (broad SMARTS) is 1. The molecular formula is C8H17NO3. The Labute approximate surface area is 73.2 Å². The highest BCUT2D eigenvalue weighted by molar-refractivity contribution is 6.17. The molecule has 12 heavy (non-hydrogen) atoms. The van der Waals surface area contributed by atoms with Crippen LogP contribution < -0.4 is 10.0 Å². The monoisotopic (exact) mass is 175 g/mol. The van der Waals surface area contributed by atoms with Crippen LogP contribution in [0, 0.1) is 0 Å². The molecule has 0 bridgehead atoms. The van der Waals surface area contributed by atoms with Crippen LogP contribution in [-0.2, 0) is 9.59 Å². The molecular weight excluding hydrogens is 158 g/mol. The Kier molecular flexibility index (Phi) is 11.5. The van der Waals surface area contributed by atoms with E-state index in [4.69, 9.17) is 14.7 Å². The summed E-state index contributed by atoms with van der Waals surface area (Å²) in [5.74, 6) is -1.68. The standard InChI is InChI=1S/C6H15N.C2H2O3/c1-4-7(5-2)6-3;3-1-2(4)5/h4-6H2,1-3H3;1H,(H,4,5). The van der Waals surface area contributed by atoms with Gasteiger partial charge in [-0.2, -0.15) is 0 Å². The number of hydrogen-bond donors (Lipinski definition) is 1. The van der Waals surface area contributed by atoms with Crippen molar-refractivity contribution < 1.29 is 19.6 Å². The van der Waals surface area contributed by atoms with Crippen molar-refractivity contribution >= 4 is 12.3 Å². The van der Waals surface area contributed by atoms with Crippen molar-refractivity contribution in [2.75, 3.05) is 19.6 Å². The molecule has 0 aromatic rings. The maximum Gasteiger partial charge on any atom is 0.165 e. The summed E-state index contributed by atoms with van der Waals surface area (Å²) in [6.45, 7) is 10.5. The van der Waals surface area contributed by atoms with E-state index in [2.05, 4.69) is 20.8 Å². The summed E-state index contributed by atoms with van der Waals surface area (Å²) >= 11 is 0. The zero-order valence-electron chi connectivity index (χ0n) is 7.92. The maximum atomic E-state index is 8.89. The van der Waals surface area contributed by atoms with Gasteiger partial charge in [0.05, 0.1) is 19.6 Å². The Bertz CT molecular complexity index is 116. The van der Waals surface area contributed by atoms with Gasteiger partial charge < -0.3 is 14.8 Å². The number of rotatable bonds is 4. The van der Waals surface area contributed by atoms with E-state index < -0.39 is 5.97 Å². The van der Waals surface area contributed by atoms with Gasteiger partial charge in [0, 0.05) is 0 Å². The SMILES string of the molecule is CC[NH+](CC)CC.O=CC(=O)[O-]. The Morgan fingerprint density at radius 2 is 1.50 bits per heavy atom. The summed E-state index contributed by atoms with van der Waals surface area (Å²) in [5.41, 5.74) is 0. The van der Waals surface area contributed by atoms with E-state index in [1.165, 1.54) is 19.6 Å². The van der Waals surface area contributed by atoms with Crippen LogP contribution >= 0.6 is 0 Å². The second-order valence-electron chi connectivity index (χ2n) is 2.25. The van der Waals surface area contributed by atoms with Crippen molar-refractivity contribution in [3.63, 3.8) is 0 Å². The molecule has 0 radical (unpaired) electrons. The van der Waals surface area contributed by atoms with Crippen molar-refractivity contribution in [3.05, 3.63) is 0 Å². The minimum absolute atomic E-state index is 0.278. The lowest BCUT2D eigenvalue weighted by Crippen LogP contribution is -3.11. The topological polar surface area (TPSA) is 61.6 Å². The average molecular weight is 175 g/mol. The number of quaternary nitrogens is 1. The number of nitrogens with one attached hydrogen (secondary N) is 1. The molecule has 0 aliphatic carbocycles. The third kappa shape index (κ3) is 11.8. The van der Waals surface area contributed by atoms with Crippen LogP contribution in [0.4, 0.5) is 0 Å². The smallest absolute Gasteiger partial charge is 0.165 e. The first-order chi connectivity index (χ1) is 5.62. The largest absolute Gasteiger partial charge is 0.542 e. The molecule has 0 atom stereocenters. The highest BCUT2D eigenvalue weighted by atomic mass is 16.4. The molecule has 0 spiro atoms. The fourth-order valence-electron chi connectivity index (χ4n) is 0.750. The third-order valence-corrected chi connectivity index (χ3v) is 1.60. The molecule has 0 amide bonds. The summed E-state index contributed by atoms with van der Waals surface area (Å²) in [6.07, 6.45) is -0.278. The average Bonchev–Trinajstić information content (AvgIpc) is 2.09. The molecule has 0 aromatic carbocycles. The van der Waals surface area contributed by atoms with Crippen LogP contribution in [0.15, 0.2) is 0 Å². The van der Waals surface area contributed by atoms with Gasteiger partial charge in [-0.15, -0.1) is 0 Å². The Morgan fingerprint density at radius 1 is 1.25 bits per heavy atom. The van der Waals surface area contributed by atoms with Crippen LogP contribution in [0.3, 0.4) is 0 Å². The third-order valence-electron chi connectivity index (χ3n) is 1.60. The van der Waals surface area contributed by atoms with Crippen molar-refractivity contribution in [2.45, 2.75) is 20.8 Å². The number of carboxylic acids is 1. The number of hydrogen-bond acceptors (Lipinski definition) is 3. The summed E-state index contributed by atoms with van der Waals surface area (Å²) < 4.78 is 0. The zero-order valence-corrected chi connectivity index (χ0v) is 7.92. The van der Waals surface area contributed by atoms with Gasteiger partial charge in [-0.3, -0.25) is 4.79 Å². The van der Waals surface area contributed by atoms with Crippen molar-refractivity contribution in [1.29, 1.82) is 0 Å². The van der Waals surface area contributed by atoms with Gasteiger partial charge in [-0.25, -0.2) is 0 Å². The summed E-state index contributed by atoms with van der Waals surface area (Å²) in [5, 5.41) is 8.89. The van der Waals surface area contributed by atoms with Crippen LogP contribution in [0.1, 0.15) is 20.8 Å². The van der Waals surface area contributed by atoms with E-state index in [1.54, 1.807) is 4.90 Å². The molecule has 72 valence electrons. The van der Waals surface area contributed by atoms with Crippen molar-refractivity contribution in [2.24, 2.45) is 0 Å². The van der Waals surface area contributed by atoms with Crippen molar-refractivity contribution in [1.82, 2.24) is 0 Å². The second kappa shape index (κ2) is 10.1. The van der Waals surface area contributed by atoms with E-state index >= 15 is 0 Å². The Balaban J connectivity index is 0. The normalized spacial score (nSPS) is 8.67. The lowest BCUT2D eigenvalue weighted by Gasteiger charge is -2.10. The molecule has 4 nitrogen and oxygen atoms in total. The number of aliphatic carboxylic acids is 1. The van der Waals surface area contributed by atoms with Crippen molar-refractivity contribution in [3.8, 4) is 0 Å². The van der Waals surface area contributed by atoms with Gasteiger partial charge in [-0.1, -0.05) is 0 Å². The predicted molar refractivity (Wildman–Crippen MR) is 43.7 cm³/mol. The highest BCUT2D eigenvalue weighted by Gasteiger charge is 1.92. The highest BCUT2D eigenvalue weighted by Crippen LogP contribution is 1.45. The molecule has 4 heteroatoms. The minimum atomic E-state index is -1.68. The van der Waals surface area contributed by atoms with Gasteiger partial charge in [0.1, 0.15) is 5.97 Å². The zero-order chi connectivity index (χ0) is 9.98. The van der Waals surface area contributed by atoms with E-state index in [1.807, 2.05) is 0 Å². The predicted octanol–water partition coefficient (Wildman–Crippen LogP) is -2.13. The summed E-state index contributed by atoms with van der Waals surface area (Å²) in [4.78, 5) is 19.4. The van der Waals surface area contributed by atoms with E-state index in [0.29, 0.717) is 0 Å². The lowest BCUT2D eigenvalue weighted by atomic mass is 10.5. The first kappa shape index (κ1) is 13.7. The fourth-order valence-corrected chi connectivity index (χ4v) is 0.750. The Hall–Kier alpha value is -0.900. The van der Waals surface area contributed by atoms with Gasteiger partial charge in [0.15, 0.2) is 6.29 Å². The molecule has 0 fully saturated rings. The molecule has 0 heterocycles. The molecule has 0 aliphatic rings. The van der Waals surface area contributed by atoms with Gasteiger partial charge >= 0.3 is 0 Å². The van der Waals surface area contributed by atoms with Crippen LogP contribution in [0.25, 0.3) is 0 Å². The summed E-state index contributed by atoms with van der Waals surface area (Å²) in [6, 6.07) is 0. The molecule has 0 aliphatic heterocycles. The fraction of sp³-hybridized carbons (Fsp3) is 0.750. The molecule has 1 N–H and O–H groups in total. The molecule has 0 saturated heterocycles. The van der Waals surface area contributed by atoms with E-state index in [0.717, 1.165) is 0 Å². The molecule has 0 rings (SSSR count). The summed E-state index contributed by atoms with van der Waals surface area (Å²) in [7, 11) is 0. The van der Waals surface area contributed by atoms with Gasteiger partial charge in [0.2, 0.25) is 0 Å². The second-order valence-corrected chi connectivity index (χ2v) is 2.25. The molecule has 0 saturated carbocycles. The maximum absolute atomic E-state index is 8.89. The van der Waals surface area contributed by atoms with Crippen LogP contribution in [0.2, 0.25) is 0 Å².